The van der Waals surface area contributed by atoms with Crippen LogP contribution >= 0.6 is 11.6 Å². The van der Waals surface area contributed by atoms with Crippen LogP contribution in [0, 0.1) is 5.92 Å². The molecule has 0 aromatic heterocycles. The number of amides is 1. The van der Waals surface area contributed by atoms with E-state index in [0.717, 1.165) is 22.4 Å². The van der Waals surface area contributed by atoms with Gasteiger partial charge in [-0.1, -0.05) is 84.4 Å². The van der Waals surface area contributed by atoms with Gasteiger partial charge in [-0.15, -0.1) is 0 Å². The van der Waals surface area contributed by atoms with Crippen molar-refractivity contribution in [1.29, 1.82) is 0 Å². The van der Waals surface area contributed by atoms with E-state index in [1.807, 2.05) is 78.6 Å². The predicted molar refractivity (Wildman–Crippen MR) is 157 cm³/mol. The predicted octanol–water partition coefficient (Wildman–Crippen LogP) is 6.59. The summed E-state index contributed by atoms with van der Waals surface area (Å²) in [6, 6.07) is 29.6. The van der Waals surface area contributed by atoms with Crippen molar-refractivity contribution in [1.82, 2.24) is 0 Å². The number of hydrogen-bond donors (Lipinski definition) is 1. The van der Waals surface area contributed by atoms with Gasteiger partial charge < -0.3 is 10.2 Å². The van der Waals surface area contributed by atoms with Gasteiger partial charge in [0.15, 0.2) is 11.6 Å². The second kappa shape index (κ2) is 9.04. The zero-order valence-electron chi connectivity index (χ0n) is 21.7. The van der Waals surface area contributed by atoms with Gasteiger partial charge in [-0.2, -0.15) is 0 Å². The van der Waals surface area contributed by atoms with E-state index in [-0.39, 0.29) is 17.5 Å². The molecule has 3 heterocycles. The lowest BCUT2D eigenvalue weighted by Gasteiger charge is -2.39. The van der Waals surface area contributed by atoms with Crippen molar-refractivity contribution >= 4 is 46.0 Å². The fourth-order valence-corrected chi connectivity index (χ4v) is 7.08. The Bertz CT molecular complexity index is 1730. The first-order valence-corrected chi connectivity index (χ1v) is 13.7. The van der Waals surface area contributed by atoms with E-state index in [1.54, 1.807) is 36.4 Å². The van der Waals surface area contributed by atoms with Gasteiger partial charge >= 0.3 is 0 Å². The molecule has 196 valence electrons. The van der Waals surface area contributed by atoms with E-state index in [2.05, 4.69) is 11.4 Å². The molecule has 0 bridgehead atoms. The first-order valence-electron chi connectivity index (χ1n) is 13.3. The molecule has 5 nitrogen and oxygen atoms in total. The second-order valence-corrected chi connectivity index (χ2v) is 11.0. The standard InChI is InChI=1S/C34H25ClN2O3/c1-20-19-28-34(25-12-6-7-13-26(25)36-33(34)40)29(31(38)22-15-17-23(35)18-16-22)30(32(39)21-9-3-2-4-10-21)37(28)27-14-8-5-11-24(20)27/h2-19,28-30H,1H3,(H,36,40)/t28-,29+,30-,34+/m0/s1. The normalized spacial score (nSPS) is 24.1. The van der Waals surface area contributed by atoms with Crippen LogP contribution in [-0.2, 0) is 10.2 Å². The van der Waals surface area contributed by atoms with Gasteiger partial charge in [-0.3, -0.25) is 14.4 Å². The van der Waals surface area contributed by atoms with Crippen LogP contribution in [0.25, 0.3) is 5.57 Å². The van der Waals surface area contributed by atoms with Crippen LogP contribution < -0.4 is 10.2 Å². The number of Topliss-reactive ketones (excluding diaryl/α,β-unsaturated/α-hetero) is 2. The van der Waals surface area contributed by atoms with E-state index in [1.165, 1.54) is 0 Å². The molecular weight excluding hydrogens is 520 g/mol. The smallest absolute Gasteiger partial charge is 0.238 e. The molecule has 1 spiro atoms. The van der Waals surface area contributed by atoms with E-state index >= 15 is 0 Å². The molecule has 1 amide bonds. The number of para-hydroxylation sites is 2. The third-order valence-corrected chi connectivity index (χ3v) is 8.87. The van der Waals surface area contributed by atoms with Crippen molar-refractivity contribution in [3.05, 3.63) is 136 Å². The number of nitrogens with one attached hydrogen (secondary N) is 1. The summed E-state index contributed by atoms with van der Waals surface area (Å²) in [5, 5.41) is 3.57. The molecule has 40 heavy (non-hydrogen) atoms. The largest absolute Gasteiger partial charge is 0.352 e. The Kier molecular flexibility index (Phi) is 5.55. The Hall–Kier alpha value is -4.48. The number of hydrogen-bond acceptors (Lipinski definition) is 4. The zero-order chi connectivity index (χ0) is 27.6. The lowest BCUT2D eigenvalue weighted by molar-refractivity contribution is -0.121. The molecule has 3 aliphatic heterocycles. The van der Waals surface area contributed by atoms with Crippen molar-refractivity contribution < 1.29 is 14.4 Å². The molecule has 0 radical (unpaired) electrons. The average Bonchev–Trinajstić information content (AvgIpc) is 3.45. The lowest BCUT2D eigenvalue weighted by Crippen LogP contribution is -2.51. The van der Waals surface area contributed by atoms with E-state index in [9.17, 15) is 14.4 Å². The number of ketones is 2. The van der Waals surface area contributed by atoms with E-state index in [4.69, 9.17) is 11.6 Å². The molecule has 0 unspecified atom stereocenters. The van der Waals surface area contributed by atoms with Gasteiger partial charge in [0.25, 0.3) is 0 Å². The maximum atomic E-state index is 14.7. The third-order valence-electron chi connectivity index (χ3n) is 8.62. The topological polar surface area (TPSA) is 66.5 Å². The number of nitrogens with zero attached hydrogens (tertiary/aromatic N) is 1. The van der Waals surface area contributed by atoms with Crippen LogP contribution in [0.4, 0.5) is 11.4 Å². The highest BCUT2D eigenvalue weighted by atomic mass is 35.5. The van der Waals surface area contributed by atoms with Gasteiger partial charge in [-0.25, -0.2) is 0 Å². The minimum Gasteiger partial charge on any atom is -0.352 e. The van der Waals surface area contributed by atoms with Crippen LogP contribution in [0.5, 0.6) is 0 Å². The Balaban J connectivity index is 1.56. The van der Waals surface area contributed by atoms with Crippen LogP contribution in [0.2, 0.25) is 5.02 Å². The number of allylic oxidation sites excluding steroid dienone is 1. The molecule has 6 heteroatoms. The molecule has 1 N–H and O–H groups in total. The molecular formula is C34H25ClN2O3. The molecule has 4 aromatic rings. The molecule has 0 saturated carbocycles. The maximum absolute atomic E-state index is 14.7. The minimum absolute atomic E-state index is 0.199. The van der Waals surface area contributed by atoms with Gasteiger partial charge in [-0.05, 0) is 54.5 Å². The van der Waals surface area contributed by atoms with Crippen molar-refractivity contribution in [3.8, 4) is 0 Å². The molecule has 1 fully saturated rings. The van der Waals surface area contributed by atoms with Crippen LogP contribution in [0.15, 0.2) is 109 Å². The van der Waals surface area contributed by atoms with Crippen molar-refractivity contribution in [3.63, 3.8) is 0 Å². The highest BCUT2D eigenvalue weighted by Gasteiger charge is 2.70. The zero-order valence-corrected chi connectivity index (χ0v) is 22.4. The lowest BCUT2D eigenvalue weighted by atomic mass is 9.64. The first kappa shape index (κ1) is 24.6. The van der Waals surface area contributed by atoms with Gasteiger partial charge in [0.2, 0.25) is 5.91 Å². The van der Waals surface area contributed by atoms with Gasteiger partial charge in [0.05, 0.1) is 12.0 Å². The van der Waals surface area contributed by atoms with Crippen LogP contribution in [0.3, 0.4) is 0 Å². The summed E-state index contributed by atoms with van der Waals surface area (Å²) in [6.07, 6.45) is 2.06. The Morgan fingerprint density at radius 2 is 1.45 bits per heavy atom. The molecule has 4 aromatic carbocycles. The number of anilines is 2. The summed E-state index contributed by atoms with van der Waals surface area (Å²) >= 11 is 6.17. The number of carbonyl (C=O) groups excluding carboxylic acids is 3. The van der Waals surface area contributed by atoms with Crippen molar-refractivity contribution in [2.24, 2.45) is 5.92 Å². The molecule has 7 rings (SSSR count). The monoisotopic (exact) mass is 544 g/mol. The third kappa shape index (κ3) is 3.31. The van der Waals surface area contributed by atoms with Gasteiger partial charge in [0, 0.05) is 33.1 Å². The number of halogens is 1. The molecule has 3 aliphatic rings. The summed E-state index contributed by atoms with van der Waals surface area (Å²) in [5.41, 5.74) is 3.78. The summed E-state index contributed by atoms with van der Waals surface area (Å²) in [5.74, 6) is -1.75. The fourth-order valence-electron chi connectivity index (χ4n) is 6.95. The summed E-state index contributed by atoms with van der Waals surface area (Å²) in [7, 11) is 0. The Labute approximate surface area is 237 Å². The van der Waals surface area contributed by atoms with Crippen LogP contribution in [-0.4, -0.2) is 29.6 Å². The average molecular weight is 545 g/mol. The summed E-state index contributed by atoms with van der Waals surface area (Å²) < 4.78 is 0. The number of benzene rings is 4. The first-order chi connectivity index (χ1) is 19.4. The molecule has 1 saturated heterocycles. The van der Waals surface area contributed by atoms with Crippen molar-refractivity contribution in [2.75, 3.05) is 10.2 Å². The quantitative estimate of drug-likeness (QED) is 0.294. The maximum Gasteiger partial charge on any atom is 0.238 e. The SMILES string of the molecule is CC1=C[C@@H]2N(c3ccccc31)[C@H](C(=O)c1ccccc1)[C@H](C(=O)c1ccc(Cl)cc1)[C@]21C(=O)Nc2ccccc21. The summed E-state index contributed by atoms with van der Waals surface area (Å²) in [6.45, 7) is 2.02. The van der Waals surface area contributed by atoms with Crippen molar-refractivity contribution in [2.45, 2.75) is 24.4 Å². The van der Waals surface area contributed by atoms with E-state index < -0.39 is 23.4 Å². The van der Waals surface area contributed by atoms with Gasteiger partial charge in [0.1, 0.15) is 11.5 Å². The second-order valence-electron chi connectivity index (χ2n) is 10.6. The Morgan fingerprint density at radius 1 is 0.800 bits per heavy atom. The highest BCUT2D eigenvalue weighted by molar-refractivity contribution is 6.30. The fraction of sp³-hybridized carbons (Fsp3) is 0.147. The molecule has 0 aliphatic carbocycles. The number of carbonyl (C=O) groups is 3. The number of rotatable bonds is 4. The molecule has 4 atom stereocenters. The minimum atomic E-state index is -1.34. The number of fused-ring (bicyclic) bond motifs is 6. The Morgan fingerprint density at radius 3 is 2.23 bits per heavy atom. The van der Waals surface area contributed by atoms with E-state index in [0.29, 0.717) is 21.8 Å². The summed E-state index contributed by atoms with van der Waals surface area (Å²) in [4.78, 5) is 45.7. The highest BCUT2D eigenvalue weighted by Crippen LogP contribution is 2.58. The van der Waals surface area contributed by atoms with Crippen LogP contribution in [0.1, 0.15) is 38.8 Å².